The lowest BCUT2D eigenvalue weighted by molar-refractivity contribution is -0.137. The molecule has 10 heteroatoms. The first-order chi connectivity index (χ1) is 13.5. The summed E-state index contributed by atoms with van der Waals surface area (Å²) in [6, 6.07) is 4.99. The molecule has 1 atom stereocenters. The van der Waals surface area contributed by atoms with Gasteiger partial charge in [0.1, 0.15) is 5.82 Å². The lowest BCUT2D eigenvalue weighted by atomic mass is 10.1. The average molecular weight is 453 g/mol. The fraction of sp³-hybridized carbons (Fsp3) is 0.316. The Morgan fingerprint density at radius 2 is 1.79 bits per heavy atom. The fourth-order valence-electron chi connectivity index (χ4n) is 2.55. The molecule has 2 aromatic rings. The molecule has 0 bridgehead atoms. The van der Waals surface area contributed by atoms with Gasteiger partial charge < -0.3 is 15.7 Å². The second kappa shape index (κ2) is 9.65. The highest BCUT2D eigenvalue weighted by molar-refractivity contribution is 6.39. The minimum Gasteiger partial charge on any atom is -0.396 e. The Balaban J connectivity index is 2.21. The summed E-state index contributed by atoms with van der Waals surface area (Å²) in [4.78, 5) is 12.0. The van der Waals surface area contributed by atoms with Gasteiger partial charge in [-0.05, 0) is 49.2 Å². The van der Waals surface area contributed by atoms with Gasteiger partial charge in [-0.3, -0.25) is 4.79 Å². The van der Waals surface area contributed by atoms with Gasteiger partial charge in [-0.2, -0.15) is 13.2 Å². The molecule has 0 fully saturated rings. The van der Waals surface area contributed by atoms with Crippen LogP contribution in [-0.4, -0.2) is 23.7 Å². The summed E-state index contributed by atoms with van der Waals surface area (Å²) in [5.41, 5.74) is -0.601. The molecule has 0 saturated carbocycles. The molecular formula is C19H18Cl2F4N2O2. The van der Waals surface area contributed by atoms with Crippen molar-refractivity contribution in [1.82, 2.24) is 5.32 Å². The van der Waals surface area contributed by atoms with E-state index in [2.05, 4.69) is 10.6 Å². The van der Waals surface area contributed by atoms with E-state index in [0.29, 0.717) is 12.1 Å². The normalized spacial score (nSPS) is 12.6. The molecule has 0 spiro atoms. The number of alkyl halides is 3. The van der Waals surface area contributed by atoms with Crippen molar-refractivity contribution in [2.45, 2.75) is 32.0 Å². The molecule has 1 amide bonds. The third kappa shape index (κ3) is 6.48. The number of aliphatic hydroxyl groups excluding tert-OH is 1. The minimum absolute atomic E-state index is 0.0277. The number of benzene rings is 2. The van der Waals surface area contributed by atoms with Crippen molar-refractivity contribution in [2.24, 2.45) is 0 Å². The molecule has 0 heterocycles. The van der Waals surface area contributed by atoms with Crippen molar-refractivity contribution < 1.29 is 27.5 Å². The zero-order chi connectivity index (χ0) is 21.8. The Labute approximate surface area is 174 Å². The number of anilines is 2. The molecule has 158 valence electrons. The molecule has 0 aliphatic rings. The van der Waals surface area contributed by atoms with Crippen molar-refractivity contribution in [3.05, 3.63) is 57.3 Å². The molecular weight excluding hydrogens is 435 g/mol. The molecule has 0 saturated heterocycles. The van der Waals surface area contributed by atoms with Gasteiger partial charge in [-0.1, -0.05) is 23.2 Å². The lowest BCUT2D eigenvalue weighted by Gasteiger charge is -2.15. The van der Waals surface area contributed by atoms with E-state index in [4.69, 9.17) is 28.3 Å². The van der Waals surface area contributed by atoms with Crippen LogP contribution in [-0.2, 0) is 17.4 Å². The molecule has 2 rings (SSSR count). The average Bonchev–Trinajstić information content (AvgIpc) is 2.59. The Hall–Kier alpha value is -2.03. The summed E-state index contributed by atoms with van der Waals surface area (Å²) in [5.74, 6) is -1.06. The number of carbonyl (C=O) groups is 1. The van der Waals surface area contributed by atoms with E-state index in [1.54, 1.807) is 6.92 Å². The Kier molecular flexibility index (Phi) is 7.73. The number of carbonyl (C=O) groups excluding carboxylic acids is 1. The first-order valence-corrected chi connectivity index (χ1v) is 9.28. The number of hydrogen-bond acceptors (Lipinski definition) is 3. The number of amides is 1. The Bertz CT molecular complexity index is 868. The zero-order valence-corrected chi connectivity index (χ0v) is 16.7. The highest BCUT2D eigenvalue weighted by Gasteiger charge is 2.32. The summed E-state index contributed by atoms with van der Waals surface area (Å²) in [6.07, 6.45) is -4.50. The van der Waals surface area contributed by atoms with Crippen molar-refractivity contribution in [1.29, 1.82) is 0 Å². The van der Waals surface area contributed by atoms with Gasteiger partial charge in [0.15, 0.2) is 0 Å². The summed E-state index contributed by atoms with van der Waals surface area (Å²) < 4.78 is 52.6. The molecule has 29 heavy (non-hydrogen) atoms. The van der Waals surface area contributed by atoms with Gasteiger partial charge >= 0.3 is 6.18 Å². The van der Waals surface area contributed by atoms with Crippen LogP contribution >= 0.6 is 23.2 Å². The van der Waals surface area contributed by atoms with Gasteiger partial charge in [-0.15, -0.1) is 0 Å². The number of rotatable bonds is 7. The quantitative estimate of drug-likeness (QED) is 0.497. The third-order valence-electron chi connectivity index (χ3n) is 4.00. The number of nitrogens with one attached hydrogen (secondary N) is 2. The molecule has 4 nitrogen and oxygen atoms in total. The van der Waals surface area contributed by atoms with Crippen molar-refractivity contribution in [3.8, 4) is 0 Å². The van der Waals surface area contributed by atoms with Crippen LogP contribution in [0.3, 0.4) is 0 Å². The number of halogens is 6. The van der Waals surface area contributed by atoms with Crippen molar-refractivity contribution >= 4 is 40.5 Å². The van der Waals surface area contributed by atoms with Gasteiger partial charge in [0, 0.05) is 18.3 Å². The molecule has 0 aliphatic heterocycles. The minimum atomic E-state index is -4.60. The number of aliphatic hydroxyl groups is 1. The van der Waals surface area contributed by atoms with E-state index in [9.17, 15) is 22.4 Å². The smallest absolute Gasteiger partial charge is 0.396 e. The van der Waals surface area contributed by atoms with Crippen LogP contribution in [0.25, 0.3) is 0 Å². The van der Waals surface area contributed by atoms with Crippen LogP contribution in [0.2, 0.25) is 10.0 Å². The van der Waals surface area contributed by atoms with Crippen LogP contribution in [0.5, 0.6) is 0 Å². The first kappa shape index (κ1) is 23.3. The standard InChI is InChI=1S/C19H18Cl2F4N2O2/c1-10(4-5-28)26-17(29)7-11-6-13(2-3-16(11)22)27-18-14(20)8-12(9-15(18)21)19(23,24)25/h2-3,6,8-10,27-28H,4-5,7H2,1H3,(H,26,29). The van der Waals surface area contributed by atoms with Gasteiger partial charge in [-0.25, -0.2) is 4.39 Å². The third-order valence-corrected chi connectivity index (χ3v) is 4.60. The van der Waals surface area contributed by atoms with Gasteiger partial charge in [0.2, 0.25) is 5.91 Å². The first-order valence-electron chi connectivity index (χ1n) is 8.53. The maximum absolute atomic E-state index is 14.1. The van der Waals surface area contributed by atoms with Crippen molar-refractivity contribution in [3.63, 3.8) is 0 Å². The predicted octanol–water partition coefficient (Wildman–Crippen LogP) is 5.32. The second-order valence-corrected chi connectivity index (χ2v) is 7.22. The van der Waals surface area contributed by atoms with E-state index in [0.717, 1.165) is 18.2 Å². The Morgan fingerprint density at radius 1 is 1.17 bits per heavy atom. The van der Waals surface area contributed by atoms with E-state index >= 15 is 0 Å². The predicted molar refractivity (Wildman–Crippen MR) is 104 cm³/mol. The highest BCUT2D eigenvalue weighted by atomic mass is 35.5. The largest absolute Gasteiger partial charge is 0.416 e. The zero-order valence-electron chi connectivity index (χ0n) is 15.2. The maximum Gasteiger partial charge on any atom is 0.416 e. The topological polar surface area (TPSA) is 61.4 Å². The summed E-state index contributed by atoms with van der Waals surface area (Å²) in [7, 11) is 0. The number of hydrogen-bond donors (Lipinski definition) is 3. The van der Waals surface area contributed by atoms with Crippen molar-refractivity contribution in [2.75, 3.05) is 11.9 Å². The van der Waals surface area contributed by atoms with Crippen LogP contribution in [0, 0.1) is 5.82 Å². The molecule has 2 aromatic carbocycles. The lowest BCUT2D eigenvalue weighted by Crippen LogP contribution is -2.34. The van der Waals surface area contributed by atoms with Gasteiger partial charge in [0.25, 0.3) is 0 Å². The molecule has 0 radical (unpaired) electrons. The molecule has 0 aromatic heterocycles. The van der Waals surface area contributed by atoms with Crippen LogP contribution in [0.15, 0.2) is 30.3 Å². The van der Waals surface area contributed by atoms with E-state index in [-0.39, 0.29) is 40.4 Å². The van der Waals surface area contributed by atoms with E-state index < -0.39 is 23.5 Å². The Morgan fingerprint density at radius 3 is 2.34 bits per heavy atom. The van der Waals surface area contributed by atoms with E-state index in [1.807, 2.05) is 0 Å². The molecule has 3 N–H and O–H groups in total. The summed E-state index contributed by atoms with van der Waals surface area (Å²) >= 11 is 11.9. The van der Waals surface area contributed by atoms with Crippen LogP contribution in [0.1, 0.15) is 24.5 Å². The summed E-state index contributed by atoms with van der Waals surface area (Å²) in [6.45, 7) is 1.61. The van der Waals surface area contributed by atoms with Crippen LogP contribution in [0.4, 0.5) is 28.9 Å². The second-order valence-electron chi connectivity index (χ2n) is 6.40. The van der Waals surface area contributed by atoms with Crippen LogP contribution < -0.4 is 10.6 Å². The molecule has 0 aliphatic carbocycles. The monoisotopic (exact) mass is 452 g/mol. The fourth-order valence-corrected chi connectivity index (χ4v) is 3.13. The summed E-state index contributed by atoms with van der Waals surface area (Å²) in [5, 5.41) is 13.7. The van der Waals surface area contributed by atoms with Gasteiger partial charge in [0.05, 0.1) is 27.7 Å². The highest BCUT2D eigenvalue weighted by Crippen LogP contribution is 2.39. The van der Waals surface area contributed by atoms with E-state index in [1.165, 1.54) is 12.1 Å². The SMILES string of the molecule is CC(CCO)NC(=O)Cc1cc(Nc2c(Cl)cc(C(F)(F)F)cc2Cl)ccc1F. The maximum atomic E-state index is 14.1. The molecule has 1 unspecified atom stereocenters.